The van der Waals surface area contributed by atoms with Gasteiger partial charge in [0.05, 0.1) is 19.7 Å². The fourth-order valence-corrected chi connectivity index (χ4v) is 2.49. The second kappa shape index (κ2) is 9.11. The Balaban J connectivity index is 1.54. The van der Waals surface area contributed by atoms with Crippen LogP contribution in [-0.4, -0.2) is 35.4 Å². The molecule has 1 aliphatic carbocycles. The molecule has 1 heterocycles. The number of hydrogen-bond acceptors (Lipinski definition) is 3. The minimum Gasteiger partial charge on any atom is -0.493 e. The van der Waals surface area contributed by atoms with Crippen molar-refractivity contribution in [2.24, 2.45) is 10.9 Å². The molecule has 0 atom stereocenters. The van der Waals surface area contributed by atoms with Crippen LogP contribution in [0.15, 0.2) is 47.7 Å². The van der Waals surface area contributed by atoms with Crippen LogP contribution in [-0.2, 0) is 13.1 Å². The lowest BCUT2D eigenvalue weighted by atomic mass is 10.2. The summed E-state index contributed by atoms with van der Waals surface area (Å²) in [4.78, 5) is 4.69. The lowest BCUT2D eigenvalue weighted by Crippen LogP contribution is -2.38. The third-order valence-corrected chi connectivity index (χ3v) is 4.09. The molecule has 1 fully saturated rings. The van der Waals surface area contributed by atoms with Crippen LogP contribution in [0.1, 0.15) is 25.3 Å². The predicted molar refractivity (Wildman–Crippen MR) is 99.7 cm³/mol. The number of ether oxygens (including phenoxy) is 1. The zero-order valence-electron chi connectivity index (χ0n) is 14.8. The molecule has 0 unspecified atom stereocenters. The summed E-state index contributed by atoms with van der Waals surface area (Å²) in [6, 6.07) is 10.1. The summed E-state index contributed by atoms with van der Waals surface area (Å²) in [5.41, 5.74) is 1.12. The Morgan fingerprint density at radius 3 is 2.92 bits per heavy atom. The minimum absolute atomic E-state index is 0.595. The highest BCUT2D eigenvalue weighted by Crippen LogP contribution is 2.30. The van der Waals surface area contributed by atoms with Crippen molar-refractivity contribution in [3.63, 3.8) is 0 Å². The topological polar surface area (TPSA) is 63.5 Å². The molecule has 0 saturated heterocycles. The molecule has 2 aromatic rings. The first-order valence-electron chi connectivity index (χ1n) is 9.05. The molecule has 2 N–H and O–H groups in total. The molecular formula is C19H27N5O. The van der Waals surface area contributed by atoms with Gasteiger partial charge in [-0.15, -0.1) is 0 Å². The maximum atomic E-state index is 5.96. The van der Waals surface area contributed by atoms with Gasteiger partial charge in [0.1, 0.15) is 5.75 Å². The predicted octanol–water partition coefficient (Wildman–Crippen LogP) is 2.43. The van der Waals surface area contributed by atoms with E-state index in [2.05, 4.69) is 28.7 Å². The molecule has 0 spiro atoms. The van der Waals surface area contributed by atoms with Crippen LogP contribution in [0, 0.1) is 5.92 Å². The Morgan fingerprint density at radius 1 is 1.28 bits per heavy atom. The molecule has 0 bridgehead atoms. The Morgan fingerprint density at radius 2 is 2.16 bits per heavy atom. The Bertz CT molecular complexity index is 664. The van der Waals surface area contributed by atoms with Crippen molar-refractivity contribution >= 4 is 5.96 Å². The number of nitrogens with zero attached hydrogens (tertiary/aromatic N) is 3. The van der Waals surface area contributed by atoms with Gasteiger partial charge in [-0.25, -0.2) is 4.99 Å². The molecule has 0 amide bonds. The van der Waals surface area contributed by atoms with Gasteiger partial charge in [0, 0.05) is 31.0 Å². The zero-order valence-corrected chi connectivity index (χ0v) is 14.8. The monoisotopic (exact) mass is 341 g/mol. The van der Waals surface area contributed by atoms with Gasteiger partial charge in [0.25, 0.3) is 0 Å². The second-order valence-electron chi connectivity index (χ2n) is 6.25. The van der Waals surface area contributed by atoms with E-state index in [0.717, 1.165) is 49.4 Å². The van der Waals surface area contributed by atoms with Crippen LogP contribution in [0.25, 0.3) is 0 Å². The largest absolute Gasteiger partial charge is 0.493 e. The fourth-order valence-electron chi connectivity index (χ4n) is 2.49. The van der Waals surface area contributed by atoms with Crippen molar-refractivity contribution in [1.82, 2.24) is 20.4 Å². The van der Waals surface area contributed by atoms with Gasteiger partial charge in [-0.1, -0.05) is 18.2 Å². The smallest absolute Gasteiger partial charge is 0.191 e. The highest BCUT2D eigenvalue weighted by molar-refractivity contribution is 5.79. The molecule has 0 aliphatic heterocycles. The van der Waals surface area contributed by atoms with Crippen molar-refractivity contribution in [2.75, 3.05) is 19.7 Å². The molecule has 1 aliphatic rings. The van der Waals surface area contributed by atoms with Crippen molar-refractivity contribution < 1.29 is 4.74 Å². The maximum absolute atomic E-state index is 5.96. The Kier molecular flexibility index (Phi) is 6.31. The van der Waals surface area contributed by atoms with Crippen molar-refractivity contribution in [1.29, 1.82) is 0 Å². The van der Waals surface area contributed by atoms with Gasteiger partial charge in [0.2, 0.25) is 0 Å². The first kappa shape index (κ1) is 17.3. The third kappa shape index (κ3) is 5.81. The standard InChI is InChI=1S/C19H27N5O/c1-2-20-19(21-11-13-24-12-5-10-23-24)22-14-17-6-3-4-7-18(17)25-15-16-8-9-16/h3-7,10,12,16H,2,8-9,11,13-15H2,1H3,(H2,20,21,22). The van der Waals surface area contributed by atoms with Crippen molar-refractivity contribution in [3.8, 4) is 5.75 Å². The molecule has 1 aromatic heterocycles. The maximum Gasteiger partial charge on any atom is 0.191 e. The summed E-state index contributed by atoms with van der Waals surface area (Å²) in [6.07, 6.45) is 6.34. The molecule has 1 saturated carbocycles. The number of hydrogen-bond donors (Lipinski definition) is 2. The number of benzene rings is 1. The summed E-state index contributed by atoms with van der Waals surface area (Å²) in [5.74, 6) is 2.51. The Hall–Kier alpha value is -2.50. The average molecular weight is 341 g/mol. The quantitative estimate of drug-likeness (QED) is 0.543. The van der Waals surface area contributed by atoms with Crippen LogP contribution >= 0.6 is 0 Å². The zero-order chi connectivity index (χ0) is 17.3. The summed E-state index contributed by atoms with van der Waals surface area (Å²) in [7, 11) is 0. The van der Waals surface area contributed by atoms with E-state index in [-0.39, 0.29) is 0 Å². The lowest BCUT2D eigenvalue weighted by molar-refractivity contribution is 0.297. The van der Waals surface area contributed by atoms with E-state index in [1.54, 1.807) is 6.20 Å². The van der Waals surface area contributed by atoms with E-state index < -0.39 is 0 Å². The van der Waals surface area contributed by atoms with Gasteiger partial charge in [-0.05, 0) is 37.8 Å². The molecule has 0 radical (unpaired) electrons. The van der Waals surface area contributed by atoms with Gasteiger partial charge in [0.15, 0.2) is 5.96 Å². The number of para-hydroxylation sites is 1. The van der Waals surface area contributed by atoms with Crippen LogP contribution in [0.5, 0.6) is 5.75 Å². The van der Waals surface area contributed by atoms with Gasteiger partial charge >= 0.3 is 0 Å². The summed E-state index contributed by atoms with van der Waals surface area (Å²) in [6.45, 7) is 5.89. The Labute approximate surface area is 149 Å². The van der Waals surface area contributed by atoms with Gasteiger partial charge in [-0.2, -0.15) is 5.10 Å². The fraction of sp³-hybridized carbons (Fsp3) is 0.474. The van der Waals surface area contributed by atoms with E-state index in [1.807, 2.05) is 35.1 Å². The van der Waals surface area contributed by atoms with E-state index in [0.29, 0.717) is 6.54 Å². The molecule has 25 heavy (non-hydrogen) atoms. The molecule has 1 aromatic carbocycles. The van der Waals surface area contributed by atoms with Crippen LogP contribution in [0.4, 0.5) is 0 Å². The highest BCUT2D eigenvalue weighted by atomic mass is 16.5. The first-order chi connectivity index (χ1) is 12.3. The SMILES string of the molecule is CCNC(=NCc1ccccc1OCC1CC1)NCCn1cccn1. The minimum atomic E-state index is 0.595. The second-order valence-corrected chi connectivity index (χ2v) is 6.25. The number of rotatable bonds is 9. The molecule has 6 nitrogen and oxygen atoms in total. The summed E-state index contributed by atoms with van der Waals surface area (Å²) >= 11 is 0. The average Bonchev–Trinajstić information content (AvgIpc) is 3.32. The number of guanidine groups is 1. The summed E-state index contributed by atoms with van der Waals surface area (Å²) < 4.78 is 7.86. The lowest BCUT2D eigenvalue weighted by Gasteiger charge is -2.13. The van der Waals surface area contributed by atoms with E-state index in [1.165, 1.54) is 12.8 Å². The number of aliphatic imine (C=N–C) groups is 1. The van der Waals surface area contributed by atoms with E-state index >= 15 is 0 Å². The molecule has 6 heteroatoms. The third-order valence-electron chi connectivity index (χ3n) is 4.09. The highest BCUT2D eigenvalue weighted by Gasteiger charge is 2.22. The van der Waals surface area contributed by atoms with Crippen molar-refractivity contribution in [2.45, 2.75) is 32.9 Å². The number of nitrogens with one attached hydrogen (secondary N) is 2. The summed E-state index contributed by atoms with van der Waals surface area (Å²) in [5, 5.41) is 10.8. The van der Waals surface area contributed by atoms with Crippen LogP contribution < -0.4 is 15.4 Å². The number of aromatic nitrogens is 2. The molecular weight excluding hydrogens is 314 g/mol. The first-order valence-corrected chi connectivity index (χ1v) is 9.05. The van der Waals surface area contributed by atoms with Gasteiger partial charge < -0.3 is 15.4 Å². The van der Waals surface area contributed by atoms with Crippen LogP contribution in [0.2, 0.25) is 0 Å². The normalized spacial score (nSPS) is 14.4. The molecule has 134 valence electrons. The molecule has 3 rings (SSSR count). The van der Waals surface area contributed by atoms with E-state index in [4.69, 9.17) is 9.73 Å². The van der Waals surface area contributed by atoms with Gasteiger partial charge in [-0.3, -0.25) is 4.68 Å². The van der Waals surface area contributed by atoms with Crippen LogP contribution in [0.3, 0.4) is 0 Å². The van der Waals surface area contributed by atoms with E-state index in [9.17, 15) is 0 Å². The van der Waals surface area contributed by atoms with Crippen molar-refractivity contribution in [3.05, 3.63) is 48.3 Å².